The molecule has 7 heteroatoms. The molecule has 0 amide bonds. The lowest BCUT2D eigenvalue weighted by Crippen LogP contribution is -2.10. The smallest absolute Gasteiger partial charge is 0.370 e. The van der Waals surface area contributed by atoms with Gasteiger partial charge in [-0.15, -0.1) is 0 Å². The van der Waals surface area contributed by atoms with E-state index < -0.39 is 11.7 Å². The van der Waals surface area contributed by atoms with Crippen LogP contribution in [0.1, 0.15) is 11.1 Å². The highest BCUT2D eigenvalue weighted by Gasteiger charge is 2.31. The number of hydrogen-bond acceptors (Lipinski definition) is 3. The summed E-state index contributed by atoms with van der Waals surface area (Å²) < 4.78 is 37.8. The normalized spacial score (nSPS) is 11.4. The van der Waals surface area contributed by atoms with Crippen LogP contribution in [0.2, 0.25) is 5.15 Å². The van der Waals surface area contributed by atoms with Crippen molar-refractivity contribution >= 4 is 17.4 Å². The van der Waals surface area contributed by atoms with E-state index in [0.717, 1.165) is 17.7 Å². The third-order valence-electron chi connectivity index (χ3n) is 2.59. The van der Waals surface area contributed by atoms with Crippen molar-refractivity contribution < 1.29 is 13.2 Å². The highest BCUT2D eigenvalue weighted by Crippen LogP contribution is 2.31. The summed E-state index contributed by atoms with van der Waals surface area (Å²) in [6.07, 6.45) is -0.463. The first kappa shape index (κ1) is 14.6. The Morgan fingerprint density at radius 2 is 1.85 bits per heavy atom. The van der Waals surface area contributed by atoms with Gasteiger partial charge in [0.1, 0.15) is 11.0 Å². The van der Waals surface area contributed by atoms with Gasteiger partial charge in [-0.25, -0.2) is 4.98 Å². The highest BCUT2D eigenvalue weighted by molar-refractivity contribution is 6.29. The number of nitrogens with one attached hydrogen (secondary N) is 1. The highest BCUT2D eigenvalue weighted by atomic mass is 35.5. The molecule has 0 radical (unpaired) electrons. The topological polar surface area (TPSA) is 37.8 Å². The molecule has 0 aliphatic rings. The van der Waals surface area contributed by atoms with Crippen LogP contribution >= 0.6 is 11.6 Å². The van der Waals surface area contributed by atoms with Crippen LogP contribution in [0, 0.1) is 0 Å². The Labute approximate surface area is 118 Å². The number of alkyl halides is 3. The SMILES string of the molecule is FC(F)(F)c1cc(Cl)nc(NCCc2ccncc2)c1. The Morgan fingerprint density at radius 1 is 1.15 bits per heavy atom. The van der Waals surface area contributed by atoms with Crippen LogP contribution in [0.15, 0.2) is 36.7 Å². The number of rotatable bonds is 4. The van der Waals surface area contributed by atoms with E-state index in [1.165, 1.54) is 0 Å². The van der Waals surface area contributed by atoms with Gasteiger partial charge in [0.2, 0.25) is 0 Å². The van der Waals surface area contributed by atoms with Crippen molar-refractivity contribution in [1.29, 1.82) is 0 Å². The van der Waals surface area contributed by atoms with E-state index in [4.69, 9.17) is 11.6 Å². The fourth-order valence-corrected chi connectivity index (χ4v) is 1.84. The Morgan fingerprint density at radius 3 is 2.50 bits per heavy atom. The Bertz CT molecular complexity index is 573. The molecule has 2 heterocycles. The average molecular weight is 302 g/mol. The third-order valence-corrected chi connectivity index (χ3v) is 2.78. The van der Waals surface area contributed by atoms with Crippen LogP contribution in [-0.2, 0) is 12.6 Å². The fourth-order valence-electron chi connectivity index (χ4n) is 1.64. The molecule has 20 heavy (non-hydrogen) atoms. The predicted octanol–water partition coefficient (Wildman–Crippen LogP) is 3.80. The average Bonchev–Trinajstić information content (AvgIpc) is 2.38. The van der Waals surface area contributed by atoms with Crippen molar-refractivity contribution in [2.75, 3.05) is 11.9 Å². The Kier molecular flexibility index (Phi) is 4.44. The number of halogens is 4. The second-order valence-corrected chi connectivity index (χ2v) is 4.48. The van der Waals surface area contributed by atoms with Crippen molar-refractivity contribution in [3.63, 3.8) is 0 Å². The molecule has 2 aromatic heterocycles. The molecular weight excluding hydrogens is 291 g/mol. The van der Waals surface area contributed by atoms with Gasteiger partial charge in [-0.3, -0.25) is 4.98 Å². The minimum absolute atomic E-state index is 0.110. The minimum Gasteiger partial charge on any atom is -0.370 e. The minimum atomic E-state index is -4.44. The van der Waals surface area contributed by atoms with E-state index in [9.17, 15) is 13.2 Å². The predicted molar refractivity (Wildman–Crippen MR) is 70.7 cm³/mol. The van der Waals surface area contributed by atoms with E-state index in [1.54, 1.807) is 12.4 Å². The lowest BCUT2D eigenvalue weighted by atomic mass is 10.2. The molecule has 0 bridgehead atoms. The first-order valence-corrected chi connectivity index (χ1v) is 6.20. The maximum Gasteiger partial charge on any atom is 0.416 e. The molecular formula is C13H11ClF3N3. The number of nitrogens with zero attached hydrogens (tertiary/aromatic N) is 2. The fraction of sp³-hybridized carbons (Fsp3) is 0.231. The summed E-state index contributed by atoms with van der Waals surface area (Å²) in [7, 11) is 0. The molecule has 0 spiro atoms. The van der Waals surface area contributed by atoms with Crippen molar-refractivity contribution in [1.82, 2.24) is 9.97 Å². The van der Waals surface area contributed by atoms with Crippen LogP contribution in [0.25, 0.3) is 0 Å². The van der Waals surface area contributed by atoms with Gasteiger partial charge >= 0.3 is 6.18 Å². The summed E-state index contributed by atoms with van der Waals surface area (Å²) in [5.74, 6) is 0.110. The third kappa shape index (κ3) is 4.09. The molecule has 0 aliphatic heterocycles. The van der Waals surface area contributed by atoms with E-state index in [2.05, 4.69) is 15.3 Å². The van der Waals surface area contributed by atoms with E-state index in [1.807, 2.05) is 12.1 Å². The van der Waals surface area contributed by atoms with Gasteiger partial charge < -0.3 is 5.32 Å². The molecule has 0 fully saturated rings. The molecule has 3 nitrogen and oxygen atoms in total. The van der Waals surface area contributed by atoms with Crippen molar-refractivity contribution in [3.05, 3.63) is 52.9 Å². The summed E-state index contributed by atoms with van der Waals surface area (Å²) in [6, 6.07) is 5.43. The largest absolute Gasteiger partial charge is 0.416 e. The molecule has 0 aromatic carbocycles. The van der Waals surface area contributed by atoms with Crippen molar-refractivity contribution in [2.45, 2.75) is 12.6 Å². The summed E-state index contributed by atoms with van der Waals surface area (Å²) >= 11 is 5.59. The summed E-state index contributed by atoms with van der Waals surface area (Å²) in [4.78, 5) is 7.71. The molecule has 0 unspecified atom stereocenters. The molecule has 1 N–H and O–H groups in total. The monoisotopic (exact) mass is 301 g/mol. The van der Waals surface area contributed by atoms with E-state index >= 15 is 0 Å². The number of hydrogen-bond donors (Lipinski definition) is 1. The van der Waals surface area contributed by atoms with Crippen LogP contribution < -0.4 is 5.32 Å². The standard InChI is InChI=1S/C13H11ClF3N3/c14-11-7-10(13(15,16)17)8-12(20-11)19-6-3-9-1-4-18-5-2-9/h1-2,4-5,7-8H,3,6H2,(H,19,20). The van der Waals surface area contributed by atoms with Crippen molar-refractivity contribution in [3.8, 4) is 0 Å². The van der Waals surface area contributed by atoms with Gasteiger partial charge in [-0.1, -0.05) is 11.6 Å². The summed E-state index contributed by atoms with van der Waals surface area (Å²) in [5, 5.41) is 2.64. The van der Waals surface area contributed by atoms with Gasteiger partial charge in [0, 0.05) is 18.9 Å². The van der Waals surface area contributed by atoms with Gasteiger partial charge in [0.15, 0.2) is 0 Å². The van der Waals surface area contributed by atoms with Crippen LogP contribution in [0.5, 0.6) is 0 Å². The first-order valence-electron chi connectivity index (χ1n) is 5.83. The number of aromatic nitrogens is 2. The maximum atomic E-state index is 12.6. The van der Waals surface area contributed by atoms with E-state index in [-0.39, 0.29) is 11.0 Å². The summed E-state index contributed by atoms with van der Waals surface area (Å²) in [6.45, 7) is 0.453. The molecule has 0 saturated carbocycles. The van der Waals surface area contributed by atoms with Gasteiger partial charge in [-0.05, 0) is 36.2 Å². The van der Waals surface area contributed by atoms with Gasteiger partial charge in [0.25, 0.3) is 0 Å². The second-order valence-electron chi connectivity index (χ2n) is 4.09. The molecule has 0 atom stereocenters. The lowest BCUT2D eigenvalue weighted by molar-refractivity contribution is -0.137. The molecule has 0 aliphatic carbocycles. The Balaban J connectivity index is 2.01. The quantitative estimate of drug-likeness (QED) is 0.873. The lowest BCUT2D eigenvalue weighted by Gasteiger charge is -2.10. The zero-order chi connectivity index (χ0) is 14.6. The number of anilines is 1. The Hall–Kier alpha value is -1.82. The maximum absolute atomic E-state index is 12.6. The van der Waals surface area contributed by atoms with Crippen LogP contribution in [0.4, 0.5) is 19.0 Å². The molecule has 0 saturated heterocycles. The summed E-state index contributed by atoms with van der Waals surface area (Å²) in [5.41, 5.74) is 0.217. The van der Waals surface area contributed by atoms with Gasteiger partial charge in [0.05, 0.1) is 5.56 Å². The van der Waals surface area contributed by atoms with Crippen LogP contribution in [0.3, 0.4) is 0 Å². The van der Waals surface area contributed by atoms with Gasteiger partial charge in [-0.2, -0.15) is 13.2 Å². The zero-order valence-corrected chi connectivity index (χ0v) is 11.0. The molecule has 106 valence electrons. The van der Waals surface area contributed by atoms with Crippen LogP contribution in [-0.4, -0.2) is 16.5 Å². The second kappa shape index (κ2) is 6.09. The van der Waals surface area contributed by atoms with Crippen molar-refractivity contribution in [2.24, 2.45) is 0 Å². The molecule has 2 aromatic rings. The zero-order valence-electron chi connectivity index (χ0n) is 10.3. The number of pyridine rings is 2. The van der Waals surface area contributed by atoms with E-state index in [0.29, 0.717) is 13.0 Å². The molecule has 2 rings (SSSR count). The first-order chi connectivity index (χ1) is 9.45.